The lowest BCUT2D eigenvalue weighted by atomic mass is 10.1. The minimum atomic E-state index is -3.77. The molecular formula is C19H23FN2O3S. The van der Waals surface area contributed by atoms with Gasteiger partial charge in [-0.15, -0.1) is 0 Å². The van der Waals surface area contributed by atoms with Gasteiger partial charge in [-0.05, 0) is 68.8 Å². The number of sulfonamides is 1. The van der Waals surface area contributed by atoms with E-state index in [0.717, 1.165) is 11.8 Å². The van der Waals surface area contributed by atoms with Crippen molar-refractivity contribution in [3.8, 4) is 0 Å². The molecule has 26 heavy (non-hydrogen) atoms. The Morgan fingerprint density at radius 3 is 2.27 bits per heavy atom. The van der Waals surface area contributed by atoms with E-state index in [4.69, 9.17) is 4.74 Å². The molecule has 7 heteroatoms. The van der Waals surface area contributed by atoms with E-state index < -0.39 is 15.8 Å². The summed E-state index contributed by atoms with van der Waals surface area (Å²) >= 11 is 0. The number of rotatable bonds is 4. The first-order chi connectivity index (χ1) is 12.3. The van der Waals surface area contributed by atoms with E-state index in [0.29, 0.717) is 24.5 Å². The SMILES string of the molecule is Cc1cc(F)ccc1S(=O)(=O)Nc1ccc(N2C(C)COCC2C)cc1. The highest BCUT2D eigenvalue weighted by atomic mass is 32.2. The zero-order valence-corrected chi connectivity index (χ0v) is 15.9. The van der Waals surface area contributed by atoms with Crippen LogP contribution >= 0.6 is 0 Å². The molecular weight excluding hydrogens is 355 g/mol. The second-order valence-electron chi connectivity index (χ2n) is 6.70. The standard InChI is InChI=1S/C19H23FN2O3S/c1-13-10-16(20)4-9-19(13)26(23,24)21-17-5-7-18(8-6-17)22-14(2)11-25-12-15(22)3/h4-10,14-15,21H,11-12H2,1-3H3. The van der Waals surface area contributed by atoms with Gasteiger partial charge < -0.3 is 9.64 Å². The van der Waals surface area contributed by atoms with Gasteiger partial charge in [0.15, 0.2) is 0 Å². The molecule has 2 aromatic carbocycles. The topological polar surface area (TPSA) is 58.6 Å². The van der Waals surface area contributed by atoms with Crippen molar-refractivity contribution in [3.63, 3.8) is 0 Å². The monoisotopic (exact) mass is 378 g/mol. The summed E-state index contributed by atoms with van der Waals surface area (Å²) in [5.74, 6) is -0.459. The predicted molar refractivity (Wildman–Crippen MR) is 101 cm³/mol. The zero-order valence-electron chi connectivity index (χ0n) is 15.1. The highest BCUT2D eigenvalue weighted by molar-refractivity contribution is 7.92. The lowest BCUT2D eigenvalue weighted by Gasteiger charge is -2.40. The van der Waals surface area contributed by atoms with Gasteiger partial charge in [0.2, 0.25) is 0 Å². The number of nitrogens with zero attached hydrogens (tertiary/aromatic N) is 1. The van der Waals surface area contributed by atoms with Gasteiger partial charge in [-0.2, -0.15) is 0 Å². The van der Waals surface area contributed by atoms with Gasteiger partial charge in [0.05, 0.1) is 18.1 Å². The van der Waals surface area contributed by atoms with Crippen LogP contribution in [0, 0.1) is 12.7 Å². The first-order valence-electron chi connectivity index (χ1n) is 8.53. The highest BCUT2D eigenvalue weighted by Gasteiger charge is 2.25. The lowest BCUT2D eigenvalue weighted by Crippen LogP contribution is -2.49. The molecule has 1 fully saturated rings. The van der Waals surface area contributed by atoms with Crippen LogP contribution in [0.3, 0.4) is 0 Å². The van der Waals surface area contributed by atoms with Crippen LogP contribution in [-0.2, 0) is 14.8 Å². The Bertz CT molecular complexity index is 874. The molecule has 1 heterocycles. The zero-order chi connectivity index (χ0) is 18.9. The van der Waals surface area contributed by atoms with Crippen molar-refractivity contribution >= 4 is 21.4 Å². The van der Waals surface area contributed by atoms with Crippen molar-refractivity contribution in [1.29, 1.82) is 0 Å². The number of ether oxygens (including phenoxy) is 1. The van der Waals surface area contributed by atoms with Gasteiger partial charge in [0, 0.05) is 23.5 Å². The van der Waals surface area contributed by atoms with Crippen LogP contribution in [0.4, 0.5) is 15.8 Å². The fraction of sp³-hybridized carbons (Fsp3) is 0.368. The van der Waals surface area contributed by atoms with E-state index in [2.05, 4.69) is 23.5 Å². The Balaban J connectivity index is 1.80. The number of hydrogen-bond donors (Lipinski definition) is 1. The summed E-state index contributed by atoms with van der Waals surface area (Å²) in [6.45, 7) is 7.11. The third-order valence-corrected chi connectivity index (χ3v) is 6.05. The van der Waals surface area contributed by atoms with Gasteiger partial charge in [-0.3, -0.25) is 4.72 Å². The molecule has 0 radical (unpaired) electrons. The number of morpholine rings is 1. The molecule has 0 aromatic heterocycles. The first kappa shape index (κ1) is 18.7. The van der Waals surface area contributed by atoms with Crippen LogP contribution in [0.15, 0.2) is 47.4 Å². The average Bonchev–Trinajstić information content (AvgIpc) is 2.55. The van der Waals surface area contributed by atoms with E-state index in [1.807, 2.05) is 12.1 Å². The minimum absolute atomic E-state index is 0.0680. The molecule has 3 rings (SSSR count). The summed E-state index contributed by atoms with van der Waals surface area (Å²) < 4.78 is 46.4. The number of nitrogens with one attached hydrogen (secondary N) is 1. The number of aryl methyl sites for hydroxylation is 1. The summed E-state index contributed by atoms with van der Waals surface area (Å²) in [6, 6.07) is 11.4. The maximum Gasteiger partial charge on any atom is 0.262 e. The van der Waals surface area contributed by atoms with E-state index in [1.165, 1.54) is 12.1 Å². The summed E-state index contributed by atoms with van der Waals surface area (Å²) in [7, 11) is -3.77. The molecule has 5 nitrogen and oxygen atoms in total. The van der Waals surface area contributed by atoms with E-state index in [-0.39, 0.29) is 17.0 Å². The number of anilines is 2. The van der Waals surface area contributed by atoms with Crippen molar-refractivity contribution in [3.05, 3.63) is 53.8 Å². The molecule has 0 spiro atoms. The van der Waals surface area contributed by atoms with Crippen LogP contribution in [-0.4, -0.2) is 33.7 Å². The Labute approximate surface area is 153 Å². The normalized spacial score (nSPS) is 20.8. The molecule has 1 saturated heterocycles. The number of halogens is 1. The van der Waals surface area contributed by atoms with Crippen LogP contribution in [0.5, 0.6) is 0 Å². The van der Waals surface area contributed by atoms with Gasteiger partial charge >= 0.3 is 0 Å². The summed E-state index contributed by atoms with van der Waals surface area (Å²) in [5.41, 5.74) is 1.85. The van der Waals surface area contributed by atoms with E-state index in [9.17, 15) is 12.8 Å². The Morgan fingerprint density at radius 1 is 1.08 bits per heavy atom. The van der Waals surface area contributed by atoms with Gasteiger partial charge in [-0.1, -0.05) is 0 Å². The average molecular weight is 378 g/mol. The van der Waals surface area contributed by atoms with Crippen molar-refractivity contribution in [2.24, 2.45) is 0 Å². The van der Waals surface area contributed by atoms with Crippen LogP contribution in [0.25, 0.3) is 0 Å². The van der Waals surface area contributed by atoms with Crippen LogP contribution < -0.4 is 9.62 Å². The maximum atomic E-state index is 13.2. The number of hydrogen-bond acceptors (Lipinski definition) is 4. The molecule has 140 valence electrons. The van der Waals surface area contributed by atoms with Gasteiger partial charge in [0.1, 0.15) is 5.82 Å². The highest BCUT2D eigenvalue weighted by Crippen LogP contribution is 2.26. The minimum Gasteiger partial charge on any atom is -0.377 e. The lowest BCUT2D eigenvalue weighted by molar-refractivity contribution is 0.0757. The molecule has 2 atom stereocenters. The van der Waals surface area contributed by atoms with Crippen LogP contribution in [0.2, 0.25) is 0 Å². The van der Waals surface area contributed by atoms with Gasteiger partial charge in [-0.25, -0.2) is 12.8 Å². The number of benzene rings is 2. The quantitative estimate of drug-likeness (QED) is 0.884. The van der Waals surface area contributed by atoms with E-state index >= 15 is 0 Å². The van der Waals surface area contributed by atoms with Crippen molar-refractivity contribution in [2.45, 2.75) is 37.8 Å². The summed E-state index contributed by atoms with van der Waals surface area (Å²) in [6.07, 6.45) is 0. The third-order valence-electron chi connectivity index (χ3n) is 4.51. The molecule has 1 N–H and O–H groups in total. The molecule has 0 saturated carbocycles. The summed E-state index contributed by atoms with van der Waals surface area (Å²) in [5, 5.41) is 0. The Hall–Kier alpha value is -2.12. The molecule has 2 aromatic rings. The maximum absolute atomic E-state index is 13.2. The van der Waals surface area contributed by atoms with Gasteiger partial charge in [0.25, 0.3) is 10.0 Å². The Morgan fingerprint density at radius 2 is 1.69 bits per heavy atom. The van der Waals surface area contributed by atoms with E-state index in [1.54, 1.807) is 19.1 Å². The molecule has 0 bridgehead atoms. The molecule has 0 amide bonds. The largest absolute Gasteiger partial charge is 0.377 e. The first-order valence-corrected chi connectivity index (χ1v) is 10.0. The van der Waals surface area contributed by atoms with Crippen molar-refractivity contribution < 1.29 is 17.5 Å². The van der Waals surface area contributed by atoms with Crippen molar-refractivity contribution in [2.75, 3.05) is 22.8 Å². The van der Waals surface area contributed by atoms with Crippen molar-refractivity contribution in [1.82, 2.24) is 0 Å². The molecule has 1 aliphatic rings. The van der Waals surface area contributed by atoms with Crippen LogP contribution in [0.1, 0.15) is 19.4 Å². The fourth-order valence-electron chi connectivity index (χ4n) is 3.34. The molecule has 1 aliphatic heterocycles. The smallest absolute Gasteiger partial charge is 0.262 e. The summed E-state index contributed by atoms with van der Waals surface area (Å²) in [4.78, 5) is 2.34. The second-order valence-corrected chi connectivity index (χ2v) is 8.36. The Kier molecular flexibility index (Phi) is 5.20. The fourth-order valence-corrected chi connectivity index (χ4v) is 4.63. The third kappa shape index (κ3) is 3.83. The second kappa shape index (κ2) is 7.25. The predicted octanol–water partition coefficient (Wildman–Crippen LogP) is 3.55. The molecule has 0 aliphatic carbocycles. The molecule has 2 unspecified atom stereocenters.